The SMILES string of the molecule is O=C(Nc1ccccn1)C1CCN(Cc2c(O)ccc3cc(Br)ccc23)CC1. The Labute approximate surface area is 172 Å². The van der Waals surface area contributed by atoms with Crippen LogP contribution in [0.2, 0.25) is 0 Å². The predicted octanol–water partition coefficient (Wildman–Crippen LogP) is 4.55. The van der Waals surface area contributed by atoms with Crippen molar-refractivity contribution in [3.05, 3.63) is 64.8 Å². The molecule has 1 aliphatic heterocycles. The topological polar surface area (TPSA) is 65.5 Å². The first-order valence-corrected chi connectivity index (χ1v) is 10.2. The molecule has 0 unspecified atom stereocenters. The number of amides is 1. The zero-order chi connectivity index (χ0) is 19.5. The second-order valence-electron chi connectivity index (χ2n) is 7.18. The van der Waals surface area contributed by atoms with Crippen LogP contribution in [0.4, 0.5) is 5.82 Å². The van der Waals surface area contributed by atoms with Crippen molar-refractivity contribution in [3.63, 3.8) is 0 Å². The number of nitrogens with one attached hydrogen (secondary N) is 1. The Morgan fingerprint density at radius 1 is 1.18 bits per heavy atom. The maximum atomic E-state index is 12.5. The summed E-state index contributed by atoms with van der Waals surface area (Å²) in [7, 11) is 0. The Hall–Kier alpha value is -2.44. The molecule has 2 aromatic carbocycles. The molecule has 1 aliphatic rings. The third-order valence-corrected chi connectivity index (χ3v) is 5.82. The molecule has 4 rings (SSSR count). The summed E-state index contributed by atoms with van der Waals surface area (Å²) in [6.07, 6.45) is 3.28. The van der Waals surface area contributed by atoms with Gasteiger partial charge in [0.1, 0.15) is 11.6 Å². The summed E-state index contributed by atoms with van der Waals surface area (Å²) < 4.78 is 1.02. The van der Waals surface area contributed by atoms with Crippen LogP contribution in [0.5, 0.6) is 5.75 Å². The Bertz CT molecular complexity index is 986. The van der Waals surface area contributed by atoms with Gasteiger partial charge in [-0.2, -0.15) is 0 Å². The average molecular weight is 440 g/mol. The molecule has 28 heavy (non-hydrogen) atoms. The maximum absolute atomic E-state index is 12.5. The third kappa shape index (κ3) is 4.18. The summed E-state index contributed by atoms with van der Waals surface area (Å²) in [6.45, 7) is 2.33. The number of nitrogens with zero attached hydrogens (tertiary/aromatic N) is 2. The molecule has 1 saturated heterocycles. The number of rotatable bonds is 4. The van der Waals surface area contributed by atoms with Crippen molar-refractivity contribution in [1.82, 2.24) is 9.88 Å². The number of phenols is 1. The van der Waals surface area contributed by atoms with E-state index in [1.54, 1.807) is 18.3 Å². The highest BCUT2D eigenvalue weighted by Gasteiger charge is 2.26. The Morgan fingerprint density at radius 2 is 2.00 bits per heavy atom. The molecule has 3 aromatic rings. The lowest BCUT2D eigenvalue weighted by Gasteiger charge is -2.31. The van der Waals surface area contributed by atoms with E-state index in [4.69, 9.17) is 0 Å². The third-order valence-electron chi connectivity index (χ3n) is 5.32. The van der Waals surface area contributed by atoms with E-state index < -0.39 is 0 Å². The lowest BCUT2D eigenvalue weighted by atomic mass is 9.95. The van der Waals surface area contributed by atoms with Crippen LogP contribution in [0.25, 0.3) is 10.8 Å². The van der Waals surface area contributed by atoms with Crippen LogP contribution >= 0.6 is 15.9 Å². The number of aromatic hydroxyl groups is 1. The van der Waals surface area contributed by atoms with Gasteiger partial charge in [0.15, 0.2) is 0 Å². The van der Waals surface area contributed by atoms with Gasteiger partial charge in [-0.1, -0.05) is 34.1 Å². The van der Waals surface area contributed by atoms with Gasteiger partial charge in [-0.15, -0.1) is 0 Å². The van der Waals surface area contributed by atoms with Gasteiger partial charge < -0.3 is 10.4 Å². The minimum atomic E-state index is -0.00433. The second kappa shape index (κ2) is 8.29. The standard InChI is InChI=1S/C22H22BrN3O2/c23-17-5-6-18-16(13-17)4-7-20(27)19(18)14-26-11-8-15(9-12-26)22(28)25-21-3-1-2-10-24-21/h1-7,10,13,15,27H,8-9,11-12,14H2,(H,24,25,28). The number of hydrogen-bond donors (Lipinski definition) is 2. The van der Waals surface area contributed by atoms with Gasteiger partial charge in [-0.3, -0.25) is 9.69 Å². The molecular formula is C22H22BrN3O2. The molecule has 1 amide bonds. The van der Waals surface area contributed by atoms with Crippen molar-refractivity contribution < 1.29 is 9.90 Å². The summed E-state index contributed by atoms with van der Waals surface area (Å²) in [4.78, 5) is 18.9. The van der Waals surface area contributed by atoms with Crippen molar-refractivity contribution in [2.45, 2.75) is 19.4 Å². The van der Waals surface area contributed by atoms with E-state index in [0.29, 0.717) is 18.1 Å². The van der Waals surface area contributed by atoms with Gasteiger partial charge in [0, 0.05) is 28.7 Å². The first-order chi connectivity index (χ1) is 13.6. The highest BCUT2D eigenvalue weighted by molar-refractivity contribution is 9.10. The van der Waals surface area contributed by atoms with E-state index in [2.05, 4.69) is 37.2 Å². The molecule has 0 saturated carbocycles. The monoisotopic (exact) mass is 439 g/mol. The van der Waals surface area contributed by atoms with Gasteiger partial charge in [0.05, 0.1) is 0 Å². The van der Waals surface area contributed by atoms with Crippen molar-refractivity contribution >= 4 is 38.4 Å². The number of likely N-dealkylation sites (tertiary alicyclic amines) is 1. The van der Waals surface area contributed by atoms with Gasteiger partial charge in [0.2, 0.25) is 5.91 Å². The molecule has 1 fully saturated rings. The first kappa shape index (κ1) is 18.9. The van der Waals surface area contributed by atoms with E-state index in [-0.39, 0.29) is 11.8 Å². The van der Waals surface area contributed by atoms with Crippen molar-refractivity contribution in [2.75, 3.05) is 18.4 Å². The second-order valence-corrected chi connectivity index (χ2v) is 8.10. The molecular weight excluding hydrogens is 418 g/mol. The molecule has 0 bridgehead atoms. The molecule has 2 N–H and O–H groups in total. The van der Waals surface area contributed by atoms with Crippen LogP contribution in [0.15, 0.2) is 59.2 Å². The normalized spacial score (nSPS) is 15.6. The van der Waals surface area contributed by atoms with E-state index in [1.165, 1.54) is 0 Å². The Morgan fingerprint density at radius 3 is 2.75 bits per heavy atom. The first-order valence-electron chi connectivity index (χ1n) is 9.44. The summed E-state index contributed by atoms with van der Waals surface area (Å²) in [5, 5.41) is 15.5. The van der Waals surface area contributed by atoms with Gasteiger partial charge in [-0.25, -0.2) is 4.98 Å². The van der Waals surface area contributed by atoms with Crippen LogP contribution < -0.4 is 5.32 Å². The smallest absolute Gasteiger partial charge is 0.228 e. The summed E-state index contributed by atoms with van der Waals surface area (Å²) in [5.74, 6) is 0.957. The number of phenolic OH excluding ortho intramolecular Hbond substituents is 1. The minimum Gasteiger partial charge on any atom is -0.508 e. The van der Waals surface area contributed by atoms with Crippen LogP contribution in [-0.2, 0) is 11.3 Å². The van der Waals surface area contributed by atoms with Crippen molar-refractivity contribution in [3.8, 4) is 5.75 Å². The van der Waals surface area contributed by atoms with Crippen LogP contribution in [0.1, 0.15) is 18.4 Å². The fraction of sp³-hybridized carbons (Fsp3) is 0.273. The number of anilines is 1. The fourth-order valence-corrected chi connectivity index (χ4v) is 4.14. The number of benzene rings is 2. The predicted molar refractivity (Wildman–Crippen MR) is 114 cm³/mol. The van der Waals surface area contributed by atoms with Crippen LogP contribution in [0, 0.1) is 5.92 Å². The molecule has 6 heteroatoms. The lowest BCUT2D eigenvalue weighted by molar-refractivity contribution is -0.121. The van der Waals surface area contributed by atoms with Crippen molar-refractivity contribution in [1.29, 1.82) is 0 Å². The zero-order valence-electron chi connectivity index (χ0n) is 15.4. The van der Waals surface area contributed by atoms with E-state index in [9.17, 15) is 9.90 Å². The number of hydrogen-bond acceptors (Lipinski definition) is 4. The van der Waals surface area contributed by atoms with Gasteiger partial charge in [0.25, 0.3) is 0 Å². The highest BCUT2D eigenvalue weighted by atomic mass is 79.9. The number of carbonyl (C=O) groups excluding carboxylic acids is 1. The van der Waals surface area contributed by atoms with Gasteiger partial charge in [-0.05, 0) is 67.0 Å². The molecule has 0 radical (unpaired) electrons. The maximum Gasteiger partial charge on any atom is 0.228 e. The van der Waals surface area contributed by atoms with Gasteiger partial charge >= 0.3 is 0 Å². The van der Waals surface area contributed by atoms with E-state index in [1.807, 2.05) is 30.3 Å². The summed E-state index contributed by atoms with van der Waals surface area (Å²) in [5.41, 5.74) is 0.946. The summed E-state index contributed by atoms with van der Waals surface area (Å²) in [6, 6.07) is 15.3. The number of aromatic nitrogens is 1. The lowest BCUT2D eigenvalue weighted by Crippen LogP contribution is -2.37. The number of piperidine rings is 1. The Kier molecular flexibility index (Phi) is 5.59. The molecule has 0 spiro atoms. The molecule has 1 aromatic heterocycles. The molecule has 5 nitrogen and oxygen atoms in total. The molecule has 0 atom stereocenters. The number of pyridine rings is 1. The zero-order valence-corrected chi connectivity index (χ0v) is 17.0. The van der Waals surface area contributed by atoms with E-state index >= 15 is 0 Å². The van der Waals surface area contributed by atoms with Crippen LogP contribution in [-0.4, -0.2) is 34.0 Å². The molecule has 2 heterocycles. The fourth-order valence-electron chi connectivity index (χ4n) is 3.76. The minimum absolute atomic E-state index is 0.00433. The molecule has 0 aliphatic carbocycles. The number of halogens is 1. The molecule has 144 valence electrons. The van der Waals surface area contributed by atoms with Crippen LogP contribution in [0.3, 0.4) is 0 Å². The van der Waals surface area contributed by atoms with E-state index in [0.717, 1.165) is 46.7 Å². The quantitative estimate of drug-likeness (QED) is 0.625. The van der Waals surface area contributed by atoms with Crippen molar-refractivity contribution in [2.24, 2.45) is 5.92 Å². The number of carbonyl (C=O) groups is 1. The highest BCUT2D eigenvalue weighted by Crippen LogP contribution is 2.31. The Balaban J connectivity index is 1.40. The number of fused-ring (bicyclic) bond motifs is 1. The largest absolute Gasteiger partial charge is 0.508 e. The summed E-state index contributed by atoms with van der Waals surface area (Å²) >= 11 is 3.50. The average Bonchev–Trinajstić information content (AvgIpc) is 2.71.